The highest BCUT2D eigenvalue weighted by Crippen LogP contribution is 2.32. The highest BCUT2D eigenvalue weighted by molar-refractivity contribution is 5.81. The topological polar surface area (TPSA) is 38.7 Å². The van der Waals surface area contributed by atoms with Crippen LogP contribution in [0.5, 0.6) is 0 Å². The molecule has 28 heavy (non-hydrogen) atoms. The second-order valence-electron chi connectivity index (χ2n) is 6.95. The predicted octanol–water partition coefficient (Wildman–Crippen LogP) is 4.38. The van der Waals surface area contributed by atoms with Crippen LogP contribution in [0.1, 0.15) is 0 Å². The number of morpholine rings is 1. The number of hydrogen-bond donors (Lipinski definition) is 1. The van der Waals surface area contributed by atoms with Crippen LogP contribution in [0.3, 0.4) is 0 Å². The number of aromatic nitrogens is 1. The van der Waals surface area contributed by atoms with E-state index in [1.54, 1.807) is 7.11 Å². The second kappa shape index (κ2) is 8.95. The molecular weight excluding hydrogens is 350 g/mol. The molecule has 1 aliphatic rings. The number of anilines is 3. The smallest absolute Gasteiger partial charge is 0.0643 e. The minimum Gasteiger partial charge on any atom is -0.383 e. The van der Waals surface area contributed by atoms with Crippen molar-refractivity contribution in [2.75, 3.05) is 50.2 Å². The Bertz CT molecular complexity index is 869. The maximum Gasteiger partial charge on any atom is 0.0643 e. The highest BCUT2D eigenvalue weighted by atomic mass is 16.5. The zero-order valence-corrected chi connectivity index (χ0v) is 16.3. The molecule has 1 aliphatic heterocycles. The zero-order chi connectivity index (χ0) is 19.2. The summed E-state index contributed by atoms with van der Waals surface area (Å²) in [5.41, 5.74) is 5.81. The first-order valence-electron chi connectivity index (χ1n) is 9.77. The Morgan fingerprint density at radius 2 is 1.71 bits per heavy atom. The molecule has 1 aromatic heterocycles. The molecule has 146 valence electrons. The minimum atomic E-state index is 0.691. The van der Waals surface area contributed by atoms with Crippen molar-refractivity contribution in [3.05, 3.63) is 67.0 Å². The van der Waals surface area contributed by atoms with Crippen molar-refractivity contribution in [3.63, 3.8) is 0 Å². The molecule has 2 aromatic carbocycles. The van der Waals surface area contributed by atoms with E-state index in [0.29, 0.717) is 6.61 Å². The van der Waals surface area contributed by atoms with E-state index in [0.717, 1.165) is 44.2 Å². The Morgan fingerprint density at radius 3 is 2.43 bits per heavy atom. The fourth-order valence-electron chi connectivity index (χ4n) is 3.51. The van der Waals surface area contributed by atoms with Crippen LogP contribution in [-0.4, -0.2) is 44.6 Å². The normalized spacial score (nSPS) is 14.2. The number of nitrogens with one attached hydrogen (secondary N) is 1. The van der Waals surface area contributed by atoms with E-state index >= 15 is 0 Å². The van der Waals surface area contributed by atoms with Crippen molar-refractivity contribution >= 4 is 17.1 Å². The van der Waals surface area contributed by atoms with Crippen LogP contribution in [0.2, 0.25) is 0 Å². The van der Waals surface area contributed by atoms with Gasteiger partial charge in [-0.3, -0.25) is 0 Å². The molecule has 0 spiro atoms. The predicted molar refractivity (Wildman–Crippen MR) is 115 cm³/mol. The van der Waals surface area contributed by atoms with Crippen LogP contribution in [0.4, 0.5) is 17.1 Å². The van der Waals surface area contributed by atoms with Crippen LogP contribution in [-0.2, 0) is 16.0 Å². The summed E-state index contributed by atoms with van der Waals surface area (Å²) in [7, 11) is 1.73. The van der Waals surface area contributed by atoms with Gasteiger partial charge in [0, 0.05) is 56.1 Å². The lowest BCUT2D eigenvalue weighted by Crippen LogP contribution is -2.36. The lowest BCUT2D eigenvalue weighted by Gasteiger charge is -2.28. The molecule has 0 saturated carbocycles. The van der Waals surface area contributed by atoms with Gasteiger partial charge in [-0.2, -0.15) is 0 Å². The van der Waals surface area contributed by atoms with Crippen molar-refractivity contribution in [1.29, 1.82) is 0 Å². The average molecular weight is 377 g/mol. The summed E-state index contributed by atoms with van der Waals surface area (Å²) in [6.45, 7) is 5.02. The molecule has 5 nitrogen and oxygen atoms in total. The van der Waals surface area contributed by atoms with Crippen molar-refractivity contribution < 1.29 is 9.47 Å². The molecule has 0 unspecified atom stereocenters. The first-order valence-corrected chi connectivity index (χ1v) is 9.77. The standard InChI is InChI=1S/C23H27N3O2/c1-27-14-11-25-17-22(19-5-3-2-4-6-19)23(18-25)24-20-7-9-21(10-8-20)26-12-15-28-16-13-26/h2-10,17-18,24H,11-16H2,1H3. The maximum atomic E-state index is 5.44. The summed E-state index contributed by atoms with van der Waals surface area (Å²) >= 11 is 0. The maximum absolute atomic E-state index is 5.44. The lowest BCUT2D eigenvalue weighted by molar-refractivity contribution is 0.122. The van der Waals surface area contributed by atoms with Gasteiger partial charge in [0.05, 0.1) is 25.5 Å². The summed E-state index contributed by atoms with van der Waals surface area (Å²) < 4.78 is 12.9. The number of nitrogens with zero attached hydrogens (tertiary/aromatic N) is 2. The SMILES string of the molecule is COCCn1cc(Nc2ccc(N3CCOCC3)cc2)c(-c2ccccc2)c1. The van der Waals surface area contributed by atoms with E-state index in [2.05, 4.69) is 75.7 Å². The van der Waals surface area contributed by atoms with Crippen LogP contribution in [0, 0.1) is 0 Å². The number of benzene rings is 2. The molecule has 2 heterocycles. The van der Waals surface area contributed by atoms with Gasteiger partial charge in [0.1, 0.15) is 0 Å². The molecule has 1 saturated heterocycles. The van der Waals surface area contributed by atoms with Crippen LogP contribution in [0.25, 0.3) is 11.1 Å². The zero-order valence-electron chi connectivity index (χ0n) is 16.3. The monoisotopic (exact) mass is 377 g/mol. The molecular formula is C23H27N3O2. The fourth-order valence-corrected chi connectivity index (χ4v) is 3.51. The van der Waals surface area contributed by atoms with Crippen molar-refractivity contribution in [1.82, 2.24) is 4.57 Å². The van der Waals surface area contributed by atoms with Gasteiger partial charge in [-0.25, -0.2) is 0 Å². The first kappa shape index (κ1) is 18.6. The fraction of sp³-hybridized carbons (Fsp3) is 0.304. The van der Waals surface area contributed by atoms with E-state index in [-0.39, 0.29) is 0 Å². The Hall–Kier alpha value is -2.76. The van der Waals surface area contributed by atoms with Gasteiger partial charge in [-0.1, -0.05) is 30.3 Å². The molecule has 0 bridgehead atoms. The minimum absolute atomic E-state index is 0.691. The molecule has 3 aromatic rings. The van der Waals surface area contributed by atoms with E-state index in [4.69, 9.17) is 9.47 Å². The van der Waals surface area contributed by atoms with Crippen molar-refractivity contribution in [2.45, 2.75) is 6.54 Å². The van der Waals surface area contributed by atoms with Gasteiger partial charge in [0.15, 0.2) is 0 Å². The molecule has 1 fully saturated rings. The highest BCUT2D eigenvalue weighted by Gasteiger charge is 2.12. The van der Waals surface area contributed by atoms with Gasteiger partial charge >= 0.3 is 0 Å². The Balaban J connectivity index is 1.55. The van der Waals surface area contributed by atoms with Gasteiger partial charge in [-0.05, 0) is 29.8 Å². The molecule has 0 amide bonds. The number of methoxy groups -OCH3 is 1. The molecule has 0 radical (unpaired) electrons. The summed E-state index contributed by atoms with van der Waals surface area (Å²) in [5, 5.41) is 3.59. The van der Waals surface area contributed by atoms with Gasteiger partial charge < -0.3 is 24.3 Å². The largest absolute Gasteiger partial charge is 0.383 e. The van der Waals surface area contributed by atoms with Crippen LogP contribution >= 0.6 is 0 Å². The Morgan fingerprint density at radius 1 is 0.964 bits per heavy atom. The van der Waals surface area contributed by atoms with Gasteiger partial charge in [-0.15, -0.1) is 0 Å². The average Bonchev–Trinajstić information content (AvgIpc) is 3.16. The number of ether oxygens (including phenoxy) is 2. The molecule has 0 aliphatic carbocycles. The summed E-state index contributed by atoms with van der Waals surface area (Å²) in [5.74, 6) is 0. The van der Waals surface area contributed by atoms with E-state index in [1.165, 1.54) is 16.8 Å². The van der Waals surface area contributed by atoms with E-state index < -0.39 is 0 Å². The van der Waals surface area contributed by atoms with Crippen molar-refractivity contribution in [3.8, 4) is 11.1 Å². The summed E-state index contributed by atoms with van der Waals surface area (Å²) in [6, 6.07) is 19.1. The molecule has 4 rings (SSSR count). The lowest BCUT2D eigenvalue weighted by atomic mass is 10.1. The van der Waals surface area contributed by atoms with Crippen molar-refractivity contribution in [2.24, 2.45) is 0 Å². The number of hydrogen-bond acceptors (Lipinski definition) is 4. The molecule has 0 atom stereocenters. The van der Waals surface area contributed by atoms with Crippen LogP contribution < -0.4 is 10.2 Å². The molecule has 5 heteroatoms. The van der Waals surface area contributed by atoms with Crippen LogP contribution in [0.15, 0.2) is 67.0 Å². The van der Waals surface area contributed by atoms with Gasteiger partial charge in [0.25, 0.3) is 0 Å². The first-order chi connectivity index (χ1) is 13.8. The Kier molecular flexibility index (Phi) is 5.95. The summed E-state index contributed by atoms with van der Waals surface area (Å²) in [4.78, 5) is 2.36. The third-order valence-electron chi connectivity index (χ3n) is 5.04. The summed E-state index contributed by atoms with van der Waals surface area (Å²) in [6.07, 6.45) is 4.33. The van der Waals surface area contributed by atoms with E-state index in [1.807, 2.05) is 6.07 Å². The third-order valence-corrected chi connectivity index (χ3v) is 5.04. The second-order valence-corrected chi connectivity index (χ2v) is 6.95. The van der Waals surface area contributed by atoms with E-state index in [9.17, 15) is 0 Å². The van der Waals surface area contributed by atoms with Gasteiger partial charge in [0.2, 0.25) is 0 Å². The number of rotatable bonds is 7. The quantitative estimate of drug-likeness (QED) is 0.663. The Labute approximate surface area is 166 Å². The third kappa shape index (κ3) is 4.38. The molecule has 1 N–H and O–H groups in total.